The number of benzene rings is 2. The largest absolute Gasteiger partial charge is 0.497 e. The van der Waals surface area contributed by atoms with Gasteiger partial charge in [0.15, 0.2) is 0 Å². The Morgan fingerprint density at radius 2 is 2.00 bits per heavy atom. The Kier molecular flexibility index (Phi) is 5.38. The number of carbonyl (C=O) groups excluding carboxylic acids is 1. The third-order valence-corrected chi connectivity index (χ3v) is 4.69. The molecule has 2 aromatic carbocycles. The van der Waals surface area contributed by atoms with E-state index >= 15 is 0 Å². The van der Waals surface area contributed by atoms with Crippen LogP contribution in [0, 0.1) is 0 Å². The Morgan fingerprint density at radius 3 is 2.71 bits per heavy atom. The van der Waals surface area contributed by atoms with Crippen molar-refractivity contribution >= 4 is 17.5 Å². The summed E-state index contributed by atoms with van der Waals surface area (Å²) in [6.07, 6.45) is 0.380. The molecular weight excluding hydrogens is 324 g/mol. The molecule has 0 saturated carbocycles. The van der Waals surface area contributed by atoms with Crippen LogP contribution in [0.25, 0.3) is 0 Å². The number of nitrogens with one attached hydrogen (secondary N) is 1. The lowest BCUT2D eigenvalue weighted by Gasteiger charge is -2.37. The molecule has 1 heterocycles. The van der Waals surface area contributed by atoms with Crippen molar-refractivity contribution in [3.8, 4) is 5.75 Å². The molecule has 0 bridgehead atoms. The first kappa shape index (κ1) is 16.8. The van der Waals surface area contributed by atoms with Crippen LogP contribution in [0.2, 0.25) is 5.02 Å². The average molecular weight is 345 g/mol. The molecule has 4 nitrogen and oxygen atoms in total. The van der Waals surface area contributed by atoms with Gasteiger partial charge in [-0.1, -0.05) is 41.9 Å². The van der Waals surface area contributed by atoms with Gasteiger partial charge >= 0.3 is 0 Å². The number of ether oxygens (including phenoxy) is 1. The van der Waals surface area contributed by atoms with Crippen LogP contribution in [0.15, 0.2) is 48.5 Å². The Bertz CT molecular complexity index is 703. The second-order valence-corrected chi connectivity index (χ2v) is 6.26. The first-order valence-electron chi connectivity index (χ1n) is 8.06. The van der Waals surface area contributed by atoms with Gasteiger partial charge in [-0.25, -0.2) is 0 Å². The average Bonchev–Trinajstić information content (AvgIpc) is 2.63. The molecule has 0 radical (unpaired) electrons. The SMILES string of the molecule is COc1ccc(CC(=O)N2CCNCC2c2ccccc2Cl)cc1. The highest BCUT2D eigenvalue weighted by Gasteiger charge is 2.28. The molecule has 24 heavy (non-hydrogen) atoms. The van der Waals surface area contributed by atoms with Crippen molar-refractivity contribution in [1.82, 2.24) is 10.2 Å². The molecule has 1 amide bonds. The van der Waals surface area contributed by atoms with E-state index in [-0.39, 0.29) is 11.9 Å². The maximum Gasteiger partial charge on any atom is 0.227 e. The van der Waals surface area contributed by atoms with E-state index in [0.717, 1.165) is 30.0 Å². The number of nitrogens with zero attached hydrogens (tertiary/aromatic N) is 1. The van der Waals surface area contributed by atoms with E-state index in [2.05, 4.69) is 5.32 Å². The van der Waals surface area contributed by atoms with Crippen LogP contribution in [0.3, 0.4) is 0 Å². The number of rotatable bonds is 4. The van der Waals surface area contributed by atoms with E-state index in [0.29, 0.717) is 18.0 Å². The molecule has 1 N–H and O–H groups in total. The summed E-state index contributed by atoms with van der Waals surface area (Å²) < 4.78 is 5.16. The normalized spacial score (nSPS) is 17.6. The van der Waals surface area contributed by atoms with E-state index < -0.39 is 0 Å². The second-order valence-electron chi connectivity index (χ2n) is 5.85. The Morgan fingerprint density at radius 1 is 1.25 bits per heavy atom. The lowest BCUT2D eigenvalue weighted by molar-refractivity contribution is -0.133. The molecule has 5 heteroatoms. The summed E-state index contributed by atoms with van der Waals surface area (Å²) in [5, 5.41) is 4.06. The molecule has 1 aliphatic rings. The van der Waals surface area contributed by atoms with Gasteiger partial charge in [-0.3, -0.25) is 4.79 Å². The van der Waals surface area contributed by atoms with Crippen LogP contribution in [0.1, 0.15) is 17.2 Å². The summed E-state index contributed by atoms with van der Waals surface area (Å²) in [7, 11) is 1.63. The minimum absolute atomic E-state index is 0.0294. The summed E-state index contributed by atoms with van der Waals surface area (Å²) in [6.45, 7) is 2.21. The van der Waals surface area contributed by atoms with Gasteiger partial charge in [0, 0.05) is 24.7 Å². The van der Waals surface area contributed by atoms with Crippen LogP contribution in [0.4, 0.5) is 0 Å². The molecule has 1 fully saturated rings. The van der Waals surface area contributed by atoms with Crippen LogP contribution in [-0.2, 0) is 11.2 Å². The molecule has 3 rings (SSSR count). The van der Waals surface area contributed by atoms with Gasteiger partial charge in [0.2, 0.25) is 5.91 Å². The maximum absolute atomic E-state index is 12.8. The van der Waals surface area contributed by atoms with E-state index in [1.165, 1.54) is 0 Å². The molecular formula is C19H21ClN2O2. The number of hydrogen-bond donors (Lipinski definition) is 1. The second kappa shape index (κ2) is 7.69. The number of amides is 1. The first-order valence-corrected chi connectivity index (χ1v) is 8.44. The zero-order valence-corrected chi connectivity index (χ0v) is 14.4. The topological polar surface area (TPSA) is 41.6 Å². The van der Waals surface area contributed by atoms with Gasteiger partial charge in [-0.2, -0.15) is 0 Å². The Hall–Kier alpha value is -2.04. The van der Waals surface area contributed by atoms with Gasteiger partial charge in [0.1, 0.15) is 5.75 Å². The standard InChI is InChI=1S/C19H21ClN2O2/c1-24-15-8-6-14(7-9-15)12-19(23)22-11-10-21-13-18(22)16-4-2-3-5-17(16)20/h2-9,18,21H,10-13H2,1H3. The maximum atomic E-state index is 12.8. The van der Waals surface area contributed by atoms with E-state index in [4.69, 9.17) is 16.3 Å². The van der Waals surface area contributed by atoms with Crippen molar-refractivity contribution in [2.75, 3.05) is 26.7 Å². The van der Waals surface area contributed by atoms with Crippen LogP contribution in [0.5, 0.6) is 5.75 Å². The lowest BCUT2D eigenvalue weighted by Crippen LogP contribution is -2.49. The molecule has 0 spiro atoms. The van der Waals surface area contributed by atoms with Gasteiger partial charge in [-0.05, 0) is 29.3 Å². The van der Waals surface area contributed by atoms with E-state index in [1.807, 2.05) is 53.4 Å². The summed E-state index contributed by atoms with van der Waals surface area (Å²) in [6, 6.07) is 15.3. The zero-order chi connectivity index (χ0) is 16.9. The summed E-state index contributed by atoms with van der Waals surface area (Å²) >= 11 is 6.34. The predicted molar refractivity (Wildman–Crippen MR) is 95.5 cm³/mol. The van der Waals surface area contributed by atoms with Crippen molar-refractivity contribution in [1.29, 1.82) is 0 Å². The van der Waals surface area contributed by atoms with Crippen LogP contribution < -0.4 is 10.1 Å². The van der Waals surface area contributed by atoms with Gasteiger partial charge < -0.3 is 15.0 Å². The molecule has 2 aromatic rings. The number of piperazine rings is 1. The third kappa shape index (κ3) is 3.71. The molecule has 126 valence electrons. The molecule has 0 aliphatic carbocycles. The molecule has 1 aliphatic heterocycles. The predicted octanol–water partition coefficient (Wildman–Crippen LogP) is 3.06. The zero-order valence-electron chi connectivity index (χ0n) is 13.7. The first-order chi connectivity index (χ1) is 11.7. The highest BCUT2D eigenvalue weighted by molar-refractivity contribution is 6.31. The Balaban J connectivity index is 1.77. The van der Waals surface area contributed by atoms with Crippen molar-refractivity contribution in [2.24, 2.45) is 0 Å². The molecule has 0 aromatic heterocycles. The quantitative estimate of drug-likeness (QED) is 0.926. The van der Waals surface area contributed by atoms with Gasteiger partial charge in [0.25, 0.3) is 0 Å². The van der Waals surface area contributed by atoms with Gasteiger partial charge in [0.05, 0.1) is 19.6 Å². The van der Waals surface area contributed by atoms with Crippen LogP contribution >= 0.6 is 11.6 Å². The monoisotopic (exact) mass is 344 g/mol. The number of hydrogen-bond acceptors (Lipinski definition) is 3. The van der Waals surface area contributed by atoms with Crippen molar-refractivity contribution in [3.05, 3.63) is 64.7 Å². The highest BCUT2D eigenvalue weighted by Crippen LogP contribution is 2.29. The molecule has 1 atom stereocenters. The third-order valence-electron chi connectivity index (χ3n) is 4.34. The highest BCUT2D eigenvalue weighted by atomic mass is 35.5. The number of carbonyl (C=O) groups is 1. The summed E-state index contributed by atoms with van der Waals surface area (Å²) in [5.74, 6) is 0.911. The Labute approximate surface area is 147 Å². The van der Waals surface area contributed by atoms with Crippen molar-refractivity contribution in [2.45, 2.75) is 12.5 Å². The number of halogens is 1. The van der Waals surface area contributed by atoms with Crippen LogP contribution in [-0.4, -0.2) is 37.6 Å². The fourth-order valence-electron chi connectivity index (χ4n) is 3.05. The summed E-state index contributed by atoms with van der Waals surface area (Å²) in [5.41, 5.74) is 1.98. The molecule has 1 saturated heterocycles. The fraction of sp³-hybridized carbons (Fsp3) is 0.316. The molecule has 1 unspecified atom stereocenters. The van der Waals surface area contributed by atoms with E-state index in [1.54, 1.807) is 7.11 Å². The lowest BCUT2D eigenvalue weighted by atomic mass is 10.0. The fourth-order valence-corrected chi connectivity index (χ4v) is 3.31. The number of methoxy groups -OCH3 is 1. The smallest absolute Gasteiger partial charge is 0.227 e. The minimum Gasteiger partial charge on any atom is -0.497 e. The van der Waals surface area contributed by atoms with E-state index in [9.17, 15) is 4.79 Å². The van der Waals surface area contributed by atoms with Gasteiger partial charge in [-0.15, -0.1) is 0 Å². The summed E-state index contributed by atoms with van der Waals surface area (Å²) in [4.78, 5) is 14.8. The van der Waals surface area contributed by atoms with Crippen molar-refractivity contribution < 1.29 is 9.53 Å². The minimum atomic E-state index is -0.0294. The van der Waals surface area contributed by atoms with Crippen molar-refractivity contribution in [3.63, 3.8) is 0 Å².